The number of phenolic OH excluding ortho intramolecular Hbond substituents is 1. The van der Waals surface area contributed by atoms with Gasteiger partial charge in [-0.3, -0.25) is 4.55 Å². The number of phenols is 1. The Morgan fingerprint density at radius 1 is 1.00 bits per heavy atom. The zero-order valence-corrected chi connectivity index (χ0v) is 10.5. The fourth-order valence-electron chi connectivity index (χ4n) is 1.78. The van der Waals surface area contributed by atoms with Crippen molar-refractivity contribution in [1.29, 1.82) is 0 Å². The molecule has 2 aromatic rings. The van der Waals surface area contributed by atoms with E-state index in [0.717, 1.165) is 0 Å². The SMILES string of the molecule is Cc1ccc(S(=O)(=O)O)c(-c2ccccc2)c1O. The van der Waals surface area contributed by atoms with Crippen LogP contribution in [0, 0.1) is 6.92 Å². The molecule has 94 valence electrons. The first-order valence-corrected chi connectivity index (χ1v) is 6.71. The predicted octanol–water partition coefficient (Wildman–Crippen LogP) is 2.61. The van der Waals surface area contributed by atoms with E-state index in [9.17, 15) is 18.1 Å². The highest BCUT2D eigenvalue weighted by atomic mass is 32.2. The molecule has 5 heteroatoms. The maximum atomic E-state index is 11.3. The van der Waals surface area contributed by atoms with Gasteiger partial charge in [0.15, 0.2) is 0 Å². The van der Waals surface area contributed by atoms with Gasteiger partial charge in [0.2, 0.25) is 0 Å². The summed E-state index contributed by atoms with van der Waals surface area (Å²) < 4.78 is 31.9. The Balaban J connectivity index is 2.84. The second-order valence-electron chi connectivity index (χ2n) is 3.95. The summed E-state index contributed by atoms with van der Waals surface area (Å²) in [5, 5.41) is 10.0. The van der Waals surface area contributed by atoms with Gasteiger partial charge >= 0.3 is 0 Å². The molecule has 2 rings (SSSR count). The minimum atomic E-state index is -4.38. The van der Waals surface area contributed by atoms with E-state index in [4.69, 9.17) is 0 Å². The predicted molar refractivity (Wildman–Crippen MR) is 68.1 cm³/mol. The topological polar surface area (TPSA) is 74.6 Å². The van der Waals surface area contributed by atoms with Gasteiger partial charge < -0.3 is 5.11 Å². The Kier molecular flexibility index (Phi) is 3.11. The minimum absolute atomic E-state index is 0.123. The largest absolute Gasteiger partial charge is 0.507 e. The molecule has 0 amide bonds. The number of rotatable bonds is 2. The van der Waals surface area contributed by atoms with Crippen LogP contribution < -0.4 is 0 Å². The van der Waals surface area contributed by atoms with Crippen LogP contribution in [0.25, 0.3) is 11.1 Å². The lowest BCUT2D eigenvalue weighted by Crippen LogP contribution is -2.01. The van der Waals surface area contributed by atoms with E-state index in [1.807, 2.05) is 0 Å². The minimum Gasteiger partial charge on any atom is -0.507 e. The maximum Gasteiger partial charge on any atom is 0.295 e. The third kappa shape index (κ3) is 2.23. The molecule has 0 saturated heterocycles. The van der Waals surface area contributed by atoms with Crippen LogP contribution in [0.1, 0.15) is 5.56 Å². The van der Waals surface area contributed by atoms with E-state index in [1.165, 1.54) is 12.1 Å². The van der Waals surface area contributed by atoms with Gasteiger partial charge in [-0.05, 0) is 24.1 Å². The molecule has 0 aliphatic rings. The van der Waals surface area contributed by atoms with Crippen molar-refractivity contribution in [1.82, 2.24) is 0 Å². The molecule has 0 aromatic heterocycles. The fraction of sp³-hybridized carbons (Fsp3) is 0.0769. The molecular weight excluding hydrogens is 252 g/mol. The molecule has 0 radical (unpaired) electrons. The van der Waals surface area contributed by atoms with Gasteiger partial charge in [0.25, 0.3) is 10.1 Å². The zero-order valence-electron chi connectivity index (χ0n) is 9.66. The fourth-order valence-corrected chi connectivity index (χ4v) is 2.49. The molecule has 0 heterocycles. The Morgan fingerprint density at radius 2 is 1.61 bits per heavy atom. The summed E-state index contributed by atoms with van der Waals surface area (Å²) in [7, 11) is -4.38. The Hall–Kier alpha value is -1.85. The summed E-state index contributed by atoms with van der Waals surface area (Å²) in [5.41, 5.74) is 1.20. The van der Waals surface area contributed by atoms with Crippen LogP contribution in [0.4, 0.5) is 0 Å². The van der Waals surface area contributed by atoms with Crippen LogP contribution in [0.15, 0.2) is 47.4 Å². The van der Waals surface area contributed by atoms with Crippen molar-refractivity contribution in [2.24, 2.45) is 0 Å². The van der Waals surface area contributed by atoms with E-state index in [-0.39, 0.29) is 16.2 Å². The first kappa shape index (κ1) is 12.6. The first-order valence-electron chi connectivity index (χ1n) is 5.27. The van der Waals surface area contributed by atoms with Crippen LogP contribution in [-0.4, -0.2) is 18.1 Å². The number of aryl methyl sites for hydroxylation is 1. The van der Waals surface area contributed by atoms with E-state index in [1.54, 1.807) is 37.3 Å². The third-order valence-corrected chi connectivity index (χ3v) is 3.58. The van der Waals surface area contributed by atoms with Crippen LogP contribution in [0.2, 0.25) is 0 Å². The van der Waals surface area contributed by atoms with Crippen molar-refractivity contribution in [3.63, 3.8) is 0 Å². The zero-order chi connectivity index (χ0) is 13.3. The van der Waals surface area contributed by atoms with Gasteiger partial charge in [-0.15, -0.1) is 0 Å². The molecule has 4 nitrogen and oxygen atoms in total. The summed E-state index contributed by atoms with van der Waals surface area (Å²) in [6.07, 6.45) is 0. The molecule has 0 saturated carbocycles. The summed E-state index contributed by atoms with van der Waals surface area (Å²) >= 11 is 0. The van der Waals surface area contributed by atoms with E-state index in [0.29, 0.717) is 11.1 Å². The molecule has 0 bridgehead atoms. The molecule has 0 fully saturated rings. The Bertz CT molecular complexity index is 676. The maximum absolute atomic E-state index is 11.3. The molecule has 0 aliphatic heterocycles. The lowest BCUT2D eigenvalue weighted by molar-refractivity contribution is 0.465. The summed E-state index contributed by atoms with van der Waals surface area (Å²) in [5.74, 6) is -0.142. The molecular formula is C13H12O4S. The molecule has 18 heavy (non-hydrogen) atoms. The normalized spacial score (nSPS) is 11.4. The van der Waals surface area contributed by atoms with Crippen molar-refractivity contribution in [2.75, 3.05) is 0 Å². The number of hydrogen-bond donors (Lipinski definition) is 2. The van der Waals surface area contributed by atoms with Crippen molar-refractivity contribution >= 4 is 10.1 Å². The van der Waals surface area contributed by atoms with Crippen LogP contribution in [-0.2, 0) is 10.1 Å². The van der Waals surface area contributed by atoms with Gasteiger partial charge in [0.05, 0.1) is 0 Å². The standard InChI is InChI=1S/C13H12O4S/c1-9-7-8-11(18(15,16)17)12(13(9)14)10-5-3-2-4-6-10/h2-8,14H,1H3,(H,15,16,17). The van der Waals surface area contributed by atoms with Gasteiger partial charge in [0.1, 0.15) is 10.6 Å². The number of hydrogen-bond acceptors (Lipinski definition) is 3. The Morgan fingerprint density at radius 3 is 2.17 bits per heavy atom. The first-order chi connectivity index (χ1) is 8.41. The van der Waals surface area contributed by atoms with Gasteiger partial charge in [0, 0.05) is 5.56 Å². The van der Waals surface area contributed by atoms with E-state index < -0.39 is 10.1 Å². The Labute approximate surface area is 105 Å². The smallest absolute Gasteiger partial charge is 0.295 e. The lowest BCUT2D eigenvalue weighted by atomic mass is 10.0. The second-order valence-corrected chi connectivity index (χ2v) is 5.34. The number of benzene rings is 2. The van der Waals surface area contributed by atoms with Crippen molar-refractivity contribution in [2.45, 2.75) is 11.8 Å². The summed E-state index contributed by atoms with van der Waals surface area (Å²) in [6, 6.07) is 11.3. The van der Waals surface area contributed by atoms with E-state index >= 15 is 0 Å². The summed E-state index contributed by atoms with van der Waals surface area (Å²) in [4.78, 5) is -0.295. The van der Waals surface area contributed by atoms with Crippen LogP contribution in [0.5, 0.6) is 5.75 Å². The highest BCUT2D eigenvalue weighted by molar-refractivity contribution is 7.86. The summed E-state index contributed by atoms with van der Waals surface area (Å²) in [6.45, 7) is 1.66. The van der Waals surface area contributed by atoms with Crippen molar-refractivity contribution in [3.05, 3.63) is 48.0 Å². The monoisotopic (exact) mass is 264 g/mol. The average molecular weight is 264 g/mol. The number of aromatic hydroxyl groups is 1. The highest BCUT2D eigenvalue weighted by Crippen LogP contribution is 2.37. The van der Waals surface area contributed by atoms with Crippen LogP contribution >= 0.6 is 0 Å². The third-order valence-electron chi connectivity index (χ3n) is 2.68. The molecule has 2 N–H and O–H groups in total. The van der Waals surface area contributed by atoms with Crippen LogP contribution in [0.3, 0.4) is 0 Å². The quantitative estimate of drug-likeness (QED) is 0.818. The van der Waals surface area contributed by atoms with Crippen molar-refractivity contribution < 1.29 is 18.1 Å². The van der Waals surface area contributed by atoms with Crippen molar-refractivity contribution in [3.8, 4) is 16.9 Å². The molecule has 2 aromatic carbocycles. The van der Waals surface area contributed by atoms with Gasteiger partial charge in [-0.2, -0.15) is 8.42 Å². The molecule has 0 atom stereocenters. The van der Waals surface area contributed by atoms with Gasteiger partial charge in [-0.1, -0.05) is 36.4 Å². The lowest BCUT2D eigenvalue weighted by Gasteiger charge is -2.11. The molecule has 0 aliphatic carbocycles. The molecule has 0 spiro atoms. The molecule has 0 unspecified atom stereocenters. The highest BCUT2D eigenvalue weighted by Gasteiger charge is 2.20. The average Bonchev–Trinajstić information content (AvgIpc) is 2.32. The van der Waals surface area contributed by atoms with E-state index in [2.05, 4.69) is 0 Å². The van der Waals surface area contributed by atoms with Gasteiger partial charge in [-0.25, -0.2) is 0 Å². The second kappa shape index (κ2) is 4.44.